The van der Waals surface area contributed by atoms with Crippen molar-refractivity contribution in [2.75, 3.05) is 26.3 Å². The van der Waals surface area contributed by atoms with Crippen molar-refractivity contribution in [2.24, 2.45) is 5.73 Å². The molecule has 9 heteroatoms. The lowest BCUT2D eigenvalue weighted by Gasteiger charge is -2.27. The number of carbonyl (C=O) groups is 2. The van der Waals surface area contributed by atoms with Gasteiger partial charge in [0.2, 0.25) is 5.91 Å². The number of morpholine rings is 1. The van der Waals surface area contributed by atoms with Gasteiger partial charge in [0.25, 0.3) is 5.91 Å². The zero-order valence-electron chi connectivity index (χ0n) is 21.2. The molecule has 38 heavy (non-hydrogen) atoms. The first-order chi connectivity index (χ1) is 18.3. The Morgan fingerprint density at radius 1 is 0.868 bits per heavy atom. The Morgan fingerprint density at radius 2 is 1.47 bits per heavy atom. The largest absolute Gasteiger partial charge is 0.378 e. The van der Waals surface area contributed by atoms with Gasteiger partial charge in [-0.2, -0.15) is 0 Å². The molecule has 3 aromatic rings. The van der Waals surface area contributed by atoms with Gasteiger partial charge in [-0.25, -0.2) is 8.42 Å². The van der Waals surface area contributed by atoms with Crippen molar-refractivity contribution in [1.82, 2.24) is 10.2 Å². The average Bonchev–Trinajstić information content (AvgIpc) is 2.96. The number of hydrogen-bond donors (Lipinski definition) is 2. The highest BCUT2D eigenvalue weighted by molar-refractivity contribution is 7.92. The number of hydrogen-bond acceptors (Lipinski definition) is 6. The van der Waals surface area contributed by atoms with Gasteiger partial charge >= 0.3 is 0 Å². The van der Waals surface area contributed by atoms with Crippen LogP contribution in [-0.4, -0.2) is 62.9 Å². The van der Waals surface area contributed by atoms with Crippen LogP contribution in [0.5, 0.6) is 0 Å². The first-order valence-electron chi connectivity index (χ1n) is 12.7. The van der Waals surface area contributed by atoms with Gasteiger partial charge in [0, 0.05) is 18.7 Å². The van der Waals surface area contributed by atoms with Crippen LogP contribution in [-0.2, 0) is 32.2 Å². The molecule has 3 aromatic carbocycles. The van der Waals surface area contributed by atoms with Crippen molar-refractivity contribution in [3.05, 3.63) is 102 Å². The van der Waals surface area contributed by atoms with Crippen molar-refractivity contribution in [3.8, 4) is 0 Å². The molecule has 0 spiro atoms. The number of benzene rings is 3. The highest BCUT2D eigenvalue weighted by Crippen LogP contribution is 2.19. The quantitative estimate of drug-likeness (QED) is 0.412. The van der Waals surface area contributed by atoms with Gasteiger partial charge in [0.15, 0.2) is 9.84 Å². The number of aryl methyl sites for hydroxylation is 1. The summed E-state index contributed by atoms with van der Waals surface area (Å²) in [6.45, 7) is 2.17. The van der Waals surface area contributed by atoms with Crippen LogP contribution in [0, 0.1) is 0 Å². The number of rotatable bonds is 10. The van der Waals surface area contributed by atoms with E-state index < -0.39 is 27.2 Å². The summed E-state index contributed by atoms with van der Waals surface area (Å²) < 4.78 is 32.1. The molecule has 1 aliphatic heterocycles. The molecule has 2 atom stereocenters. The summed E-state index contributed by atoms with van der Waals surface area (Å²) in [5.74, 6) is -0.606. The van der Waals surface area contributed by atoms with Crippen LogP contribution in [0.4, 0.5) is 0 Å². The molecule has 0 aromatic heterocycles. The van der Waals surface area contributed by atoms with Crippen LogP contribution in [0.1, 0.15) is 27.9 Å². The zero-order chi connectivity index (χ0) is 27.0. The Balaban J connectivity index is 1.42. The molecular weight excluding hydrogens is 502 g/mol. The summed E-state index contributed by atoms with van der Waals surface area (Å²) in [6.07, 6.45) is 0.887. The predicted octanol–water partition coefficient (Wildman–Crippen LogP) is 2.58. The number of ether oxygens (including phenoxy) is 1. The fourth-order valence-corrected chi connectivity index (χ4v) is 5.93. The third kappa shape index (κ3) is 7.06. The van der Waals surface area contributed by atoms with E-state index in [4.69, 9.17) is 10.5 Å². The predicted molar refractivity (Wildman–Crippen MR) is 145 cm³/mol. The van der Waals surface area contributed by atoms with E-state index in [2.05, 4.69) is 5.32 Å². The molecule has 1 heterocycles. The molecular formula is C29H33N3O5S. The molecule has 0 saturated carbocycles. The number of nitrogens with two attached hydrogens (primary N) is 1. The van der Waals surface area contributed by atoms with E-state index in [0.29, 0.717) is 38.3 Å². The summed E-state index contributed by atoms with van der Waals surface area (Å²) in [7, 11) is -3.84. The molecule has 0 radical (unpaired) electrons. The highest BCUT2D eigenvalue weighted by Gasteiger charge is 2.30. The second-order valence-corrected chi connectivity index (χ2v) is 11.4. The van der Waals surface area contributed by atoms with E-state index in [0.717, 1.165) is 11.1 Å². The minimum absolute atomic E-state index is 0.0609. The molecule has 1 saturated heterocycles. The Kier molecular flexibility index (Phi) is 9.28. The van der Waals surface area contributed by atoms with Crippen molar-refractivity contribution >= 4 is 21.7 Å². The fourth-order valence-electron chi connectivity index (χ4n) is 4.37. The summed E-state index contributed by atoms with van der Waals surface area (Å²) >= 11 is 0. The van der Waals surface area contributed by atoms with Crippen LogP contribution < -0.4 is 11.1 Å². The van der Waals surface area contributed by atoms with E-state index >= 15 is 0 Å². The zero-order valence-corrected chi connectivity index (χ0v) is 22.0. The number of amides is 2. The normalized spacial score (nSPS) is 15.4. The molecule has 8 nitrogen and oxygen atoms in total. The second-order valence-electron chi connectivity index (χ2n) is 9.29. The van der Waals surface area contributed by atoms with E-state index in [-0.39, 0.29) is 23.6 Å². The summed E-state index contributed by atoms with van der Waals surface area (Å²) in [6, 6.07) is 23.7. The molecule has 3 N–H and O–H groups in total. The van der Waals surface area contributed by atoms with Gasteiger partial charge < -0.3 is 20.7 Å². The second kappa shape index (κ2) is 12.8. The first-order valence-corrected chi connectivity index (χ1v) is 14.2. The Bertz CT molecular complexity index is 1310. The Labute approximate surface area is 223 Å². The van der Waals surface area contributed by atoms with Gasteiger partial charge in [-0.1, -0.05) is 60.7 Å². The topological polar surface area (TPSA) is 119 Å². The lowest BCUT2D eigenvalue weighted by Crippen LogP contribution is -2.49. The number of carbonyl (C=O) groups excluding carboxylic acids is 2. The Hall–Kier alpha value is -3.53. The van der Waals surface area contributed by atoms with Crippen LogP contribution in [0.25, 0.3) is 0 Å². The first kappa shape index (κ1) is 27.5. The maximum atomic E-state index is 13.4. The lowest BCUT2D eigenvalue weighted by atomic mass is 10.0. The number of sulfone groups is 1. The van der Waals surface area contributed by atoms with Crippen molar-refractivity contribution in [2.45, 2.75) is 35.6 Å². The van der Waals surface area contributed by atoms with Crippen LogP contribution >= 0.6 is 0 Å². The molecule has 1 aliphatic rings. The molecule has 0 bridgehead atoms. The van der Waals surface area contributed by atoms with E-state index in [1.807, 2.05) is 30.3 Å². The van der Waals surface area contributed by atoms with Crippen LogP contribution in [0.3, 0.4) is 0 Å². The summed E-state index contributed by atoms with van der Waals surface area (Å²) in [5, 5.41) is 1.57. The van der Waals surface area contributed by atoms with Gasteiger partial charge in [0.05, 0.1) is 24.2 Å². The minimum Gasteiger partial charge on any atom is -0.378 e. The molecule has 1 fully saturated rings. The van der Waals surface area contributed by atoms with Gasteiger partial charge in [-0.05, 0) is 54.7 Å². The van der Waals surface area contributed by atoms with E-state index in [1.54, 1.807) is 47.4 Å². The fraction of sp³-hybridized carbons (Fsp3) is 0.310. The third-order valence-corrected chi connectivity index (χ3v) is 8.61. The Morgan fingerprint density at radius 3 is 2.11 bits per heavy atom. The van der Waals surface area contributed by atoms with Gasteiger partial charge in [-0.3, -0.25) is 9.59 Å². The standard InChI is InChI=1S/C29H33N3O5S/c30-26(21-23-11-14-24(15-12-23)29(34)32-17-19-37-20-18-32)28(33)31-27(16-13-22-7-3-1-4-8-22)38(35,36)25-9-5-2-6-10-25/h1-12,14-15,26-27H,13,16-21,30H2,(H,31,33)/t26-,27-/m0/s1. The van der Waals surface area contributed by atoms with Crippen molar-refractivity contribution < 1.29 is 22.7 Å². The molecule has 0 unspecified atom stereocenters. The third-order valence-electron chi connectivity index (χ3n) is 6.58. The van der Waals surface area contributed by atoms with Gasteiger partial charge in [-0.15, -0.1) is 0 Å². The molecule has 0 aliphatic carbocycles. The summed E-state index contributed by atoms with van der Waals surface area (Å²) in [5.41, 5.74) is 8.52. The van der Waals surface area contributed by atoms with Crippen molar-refractivity contribution in [1.29, 1.82) is 0 Å². The molecule has 4 rings (SSSR count). The summed E-state index contributed by atoms with van der Waals surface area (Å²) in [4.78, 5) is 27.6. The SMILES string of the molecule is N[C@@H](Cc1ccc(C(=O)N2CCOCC2)cc1)C(=O)N[C@H](CCc1ccccc1)S(=O)(=O)c1ccccc1. The highest BCUT2D eigenvalue weighted by atomic mass is 32.2. The number of nitrogens with one attached hydrogen (secondary N) is 1. The van der Waals surface area contributed by atoms with Crippen LogP contribution in [0.2, 0.25) is 0 Å². The molecule has 200 valence electrons. The smallest absolute Gasteiger partial charge is 0.254 e. The van der Waals surface area contributed by atoms with E-state index in [9.17, 15) is 18.0 Å². The average molecular weight is 536 g/mol. The molecule has 2 amide bonds. The van der Waals surface area contributed by atoms with Crippen LogP contribution in [0.15, 0.2) is 89.8 Å². The maximum absolute atomic E-state index is 13.4. The lowest BCUT2D eigenvalue weighted by molar-refractivity contribution is -0.122. The monoisotopic (exact) mass is 535 g/mol. The minimum atomic E-state index is -3.84. The van der Waals surface area contributed by atoms with Gasteiger partial charge in [0.1, 0.15) is 5.37 Å². The maximum Gasteiger partial charge on any atom is 0.254 e. The van der Waals surface area contributed by atoms with E-state index in [1.165, 1.54) is 12.1 Å². The van der Waals surface area contributed by atoms with Crippen molar-refractivity contribution in [3.63, 3.8) is 0 Å². The number of nitrogens with zero attached hydrogens (tertiary/aromatic N) is 1.